The molecular formula is C13H12O4. The maximum atomic E-state index is 11.3. The molecule has 4 nitrogen and oxygen atoms in total. The van der Waals surface area contributed by atoms with Crippen LogP contribution in [0.4, 0.5) is 0 Å². The van der Waals surface area contributed by atoms with E-state index in [9.17, 15) is 9.59 Å². The van der Waals surface area contributed by atoms with Crippen LogP contribution in [-0.2, 0) is 11.2 Å². The number of carbonyl (C=O) groups excluding carboxylic acids is 1. The van der Waals surface area contributed by atoms with Crippen LogP contribution < -0.4 is 10.4 Å². The molecule has 0 amide bonds. The summed E-state index contributed by atoms with van der Waals surface area (Å²) in [6.45, 7) is 1.97. The molecule has 2 aromatic rings. The first kappa shape index (κ1) is 11.4. The van der Waals surface area contributed by atoms with E-state index in [2.05, 4.69) is 0 Å². The largest absolute Gasteiger partial charge is 0.486 e. The average Bonchev–Trinajstić information content (AvgIpc) is 2.34. The monoisotopic (exact) mass is 232 g/mol. The first-order valence-electron chi connectivity index (χ1n) is 5.38. The zero-order valence-corrected chi connectivity index (χ0v) is 9.43. The summed E-state index contributed by atoms with van der Waals surface area (Å²) in [4.78, 5) is 21.5. The van der Waals surface area contributed by atoms with Gasteiger partial charge in [-0.2, -0.15) is 0 Å². The highest BCUT2D eigenvalue weighted by molar-refractivity contribution is 5.81. The van der Waals surface area contributed by atoms with Crippen molar-refractivity contribution in [2.45, 2.75) is 13.3 Å². The summed E-state index contributed by atoms with van der Waals surface area (Å²) in [5, 5.41) is 0.894. The zero-order valence-electron chi connectivity index (χ0n) is 9.43. The van der Waals surface area contributed by atoms with Crippen molar-refractivity contribution >= 4 is 17.3 Å². The van der Waals surface area contributed by atoms with Crippen LogP contribution in [0.3, 0.4) is 0 Å². The van der Waals surface area contributed by atoms with Crippen LogP contribution >= 0.6 is 0 Å². The van der Waals surface area contributed by atoms with Crippen molar-refractivity contribution in [3.05, 3.63) is 40.2 Å². The van der Waals surface area contributed by atoms with Crippen LogP contribution in [-0.4, -0.2) is 12.9 Å². The number of aryl methyl sites for hydroxylation is 1. The molecule has 1 aromatic heterocycles. The highest BCUT2D eigenvalue weighted by Crippen LogP contribution is 2.22. The third kappa shape index (κ3) is 2.36. The maximum Gasteiger partial charge on any atom is 0.336 e. The second-order valence-corrected chi connectivity index (χ2v) is 3.58. The number of benzene rings is 1. The number of aldehydes is 1. The third-order valence-corrected chi connectivity index (χ3v) is 2.50. The van der Waals surface area contributed by atoms with Gasteiger partial charge in [0.15, 0.2) is 6.29 Å². The van der Waals surface area contributed by atoms with E-state index >= 15 is 0 Å². The van der Waals surface area contributed by atoms with Gasteiger partial charge < -0.3 is 9.15 Å². The molecule has 2 rings (SSSR count). The molecule has 0 bridgehead atoms. The van der Waals surface area contributed by atoms with Gasteiger partial charge in [-0.25, -0.2) is 4.79 Å². The van der Waals surface area contributed by atoms with Crippen molar-refractivity contribution in [1.82, 2.24) is 0 Å². The van der Waals surface area contributed by atoms with Crippen LogP contribution in [0.15, 0.2) is 33.5 Å². The lowest BCUT2D eigenvalue weighted by molar-refractivity contribution is -0.109. The summed E-state index contributed by atoms with van der Waals surface area (Å²) in [5.74, 6) is 0.515. The Morgan fingerprint density at radius 3 is 2.88 bits per heavy atom. The van der Waals surface area contributed by atoms with Crippen LogP contribution in [0, 0.1) is 0 Å². The van der Waals surface area contributed by atoms with Gasteiger partial charge in [0.1, 0.15) is 17.9 Å². The van der Waals surface area contributed by atoms with E-state index in [1.165, 1.54) is 6.07 Å². The van der Waals surface area contributed by atoms with Gasteiger partial charge in [-0.05, 0) is 24.1 Å². The molecule has 0 unspecified atom stereocenters. The van der Waals surface area contributed by atoms with Gasteiger partial charge in [0, 0.05) is 17.5 Å². The third-order valence-electron chi connectivity index (χ3n) is 2.50. The van der Waals surface area contributed by atoms with Crippen molar-refractivity contribution in [3.8, 4) is 5.75 Å². The molecule has 17 heavy (non-hydrogen) atoms. The average molecular weight is 232 g/mol. The SMILES string of the molecule is CCc1cc(=O)oc2cc(OCC=O)ccc12. The van der Waals surface area contributed by atoms with E-state index in [1.54, 1.807) is 12.1 Å². The van der Waals surface area contributed by atoms with Gasteiger partial charge >= 0.3 is 5.63 Å². The molecular weight excluding hydrogens is 220 g/mol. The lowest BCUT2D eigenvalue weighted by Crippen LogP contribution is -2.01. The molecule has 0 N–H and O–H groups in total. The Labute approximate surface area is 97.8 Å². The highest BCUT2D eigenvalue weighted by Gasteiger charge is 2.05. The first-order valence-corrected chi connectivity index (χ1v) is 5.38. The molecule has 1 heterocycles. The lowest BCUT2D eigenvalue weighted by atomic mass is 10.1. The summed E-state index contributed by atoms with van der Waals surface area (Å²) in [7, 11) is 0. The van der Waals surface area contributed by atoms with Crippen molar-refractivity contribution < 1.29 is 13.9 Å². The van der Waals surface area contributed by atoms with Crippen molar-refractivity contribution in [2.24, 2.45) is 0 Å². The van der Waals surface area contributed by atoms with Gasteiger partial charge in [0.05, 0.1) is 0 Å². The minimum absolute atomic E-state index is 0.0107. The lowest BCUT2D eigenvalue weighted by Gasteiger charge is -2.05. The van der Waals surface area contributed by atoms with Crippen LogP contribution in [0.5, 0.6) is 5.75 Å². The molecule has 0 saturated heterocycles. The molecule has 0 spiro atoms. The number of hydrogen-bond donors (Lipinski definition) is 0. The smallest absolute Gasteiger partial charge is 0.336 e. The normalized spacial score (nSPS) is 10.4. The van der Waals surface area contributed by atoms with Gasteiger partial charge in [0.2, 0.25) is 0 Å². The molecule has 1 aromatic carbocycles. The Balaban J connectivity index is 2.53. The number of ether oxygens (including phenoxy) is 1. The summed E-state index contributed by atoms with van der Waals surface area (Å²) in [6, 6.07) is 6.70. The van der Waals surface area contributed by atoms with E-state index < -0.39 is 0 Å². The number of carbonyl (C=O) groups is 1. The van der Waals surface area contributed by atoms with Gasteiger partial charge in [-0.15, -0.1) is 0 Å². The van der Waals surface area contributed by atoms with Gasteiger partial charge in [-0.1, -0.05) is 6.92 Å². The topological polar surface area (TPSA) is 56.5 Å². The fraction of sp³-hybridized carbons (Fsp3) is 0.231. The van der Waals surface area contributed by atoms with Crippen molar-refractivity contribution in [2.75, 3.05) is 6.61 Å². The Morgan fingerprint density at radius 2 is 2.18 bits per heavy atom. The molecule has 0 aliphatic heterocycles. The predicted octanol–water partition coefficient (Wildman–Crippen LogP) is 1.93. The van der Waals surface area contributed by atoms with E-state index in [1.807, 2.05) is 13.0 Å². The fourth-order valence-corrected chi connectivity index (χ4v) is 1.72. The molecule has 0 atom stereocenters. The Hall–Kier alpha value is -2.10. The molecule has 0 radical (unpaired) electrons. The quantitative estimate of drug-likeness (QED) is 0.597. The summed E-state index contributed by atoms with van der Waals surface area (Å²) >= 11 is 0. The fourth-order valence-electron chi connectivity index (χ4n) is 1.72. The Kier molecular flexibility index (Phi) is 3.23. The molecule has 0 fully saturated rings. The van der Waals surface area contributed by atoms with Gasteiger partial charge in [-0.3, -0.25) is 4.79 Å². The van der Waals surface area contributed by atoms with Crippen LogP contribution in [0.1, 0.15) is 12.5 Å². The second kappa shape index (κ2) is 4.82. The van der Waals surface area contributed by atoms with Crippen molar-refractivity contribution in [3.63, 3.8) is 0 Å². The van der Waals surface area contributed by atoms with E-state index in [0.717, 1.165) is 17.4 Å². The zero-order chi connectivity index (χ0) is 12.3. The summed E-state index contributed by atoms with van der Waals surface area (Å²) < 4.78 is 10.2. The predicted molar refractivity (Wildman–Crippen MR) is 63.4 cm³/mol. The van der Waals surface area contributed by atoms with E-state index in [-0.39, 0.29) is 12.2 Å². The molecule has 88 valence electrons. The Morgan fingerprint density at radius 1 is 1.35 bits per heavy atom. The van der Waals surface area contributed by atoms with Gasteiger partial charge in [0.25, 0.3) is 0 Å². The molecule has 4 heteroatoms. The Bertz CT molecular complexity index is 598. The standard InChI is InChI=1S/C13H12O4/c1-2-9-7-13(15)17-12-8-10(16-6-5-14)3-4-11(9)12/h3-5,7-8H,2,6H2,1H3. The summed E-state index contributed by atoms with van der Waals surface area (Å²) in [5.41, 5.74) is 1.05. The maximum absolute atomic E-state index is 11.3. The summed E-state index contributed by atoms with van der Waals surface area (Å²) in [6.07, 6.45) is 1.43. The van der Waals surface area contributed by atoms with E-state index in [4.69, 9.17) is 9.15 Å². The van der Waals surface area contributed by atoms with Crippen LogP contribution in [0.2, 0.25) is 0 Å². The molecule has 0 aliphatic rings. The minimum Gasteiger partial charge on any atom is -0.486 e. The molecule has 0 saturated carbocycles. The van der Waals surface area contributed by atoms with Crippen molar-refractivity contribution in [1.29, 1.82) is 0 Å². The van der Waals surface area contributed by atoms with E-state index in [0.29, 0.717) is 17.6 Å². The number of hydrogen-bond acceptors (Lipinski definition) is 4. The van der Waals surface area contributed by atoms with Crippen LogP contribution in [0.25, 0.3) is 11.0 Å². The first-order chi connectivity index (χ1) is 8.24. The minimum atomic E-state index is -0.373. The number of fused-ring (bicyclic) bond motifs is 1. The molecule has 0 aliphatic carbocycles. The number of rotatable bonds is 4. The highest BCUT2D eigenvalue weighted by atomic mass is 16.5. The second-order valence-electron chi connectivity index (χ2n) is 3.58.